The highest BCUT2D eigenvalue weighted by atomic mass is 16.4. The number of hydrogen-bond acceptors (Lipinski definition) is 3. The van der Waals surface area contributed by atoms with Crippen molar-refractivity contribution in [2.24, 2.45) is 5.41 Å². The van der Waals surface area contributed by atoms with Crippen molar-refractivity contribution in [3.63, 3.8) is 0 Å². The van der Waals surface area contributed by atoms with Gasteiger partial charge in [0.25, 0.3) is 0 Å². The zero-order chi connectivity index (χ0) is 18.6. The number of nitrogen functional groups attached to an aromatic ring is 1. The maximum atomic E-state index is 11.8. The lowest BCUT2D eigenvalue weighted by Crippen LogP contribution is -2.37. The largest absolute Gasteiger partial charge is 0.508 e. The number of carbonyl (C=O) groups is 1. The van der Waals surface area contributed by atoms with Crippen molar-refractivity contribution < 1.29 is 15.0 Å². The molecular weight excluding hydrogens is 316 g/mol. The summed E-state index contributed by atoms with van der Waals surface area (Å²) in [7, 11) is 0. The van der Waals surface area contributed by atoms with Crippen LogP contribution in [0.5, 0.6) is 5.75 Å². The first-order valence-corrected chi connectivity index (χ1v) is 8.28. The van der Waals surface area contributed by atoms with E-state index in [4.69, 9.17) is 5.73 Å². The molecule has 5 nitrogen and oxygen atoms in total. The lowest BCUT2D eigenvalue weighted by Gasteiger charge is -2.35. The van der Waals surface area contributed by atoms with Crippen LogP contribution in [0.1, 0.15) is 37.8 Å². The van der Waals surface area contributed by atoms with Crippen molar-refractivity contribution in [2.45, 2.75) is 33.2 Å². The minimum atomic E-state index is -0.975. The van der Waals surface area contributed by atoms with Crippen molar-refractivity contribution in [3.8, 4) is 5.75 Å². The molecule has 1 atom stereocenters. The summed E-state index contributed by atoms with van der Waals surface area (Å²) in [5.74, 6) is 0.126. The molecule has 0 aliphatic rings. The molecule has 0 aromatic heterocycles. The molecular formula is C20H26N2O3. The van der Waals surface area contributed by atoms with E-state index in [0.717, 1.165) is 11.1 Å². The number of phenols is 1. The molecule has 4 N–H and O–H groups in total. The molecule has 2 aromatic rings. The SMILES string of the molecule is CC(C)(C)C(CN(Cc1cccc(N)c1)C(=O)O)c1cccc(O)c1. The van der Waals surface area contributed by atoms with E-state index in [1.54, 1.807) is 30.3 Å². The molecule has 0 saturated heterocycles. The topological polar surface area (TPSA) is 86.8 Å². The van der Waals surface area contributed by atoms with Crippen molar-refractivity contribution >= 4 is 11.8 Å². The summed E-state index contributed by atoms with van der Waals surface area (Å²) in [5.41, 5.74) is 8.01. The highest BCUT2D eigenvalue weighted by molar-refractivity contribution is 5.65. The van der Waals surface area contributed by atoms with Gasteiger partial charge >= 0.3 is 6.09 Å². The second-order valence-electron chi connectivity index (χ2n) is 7.42. The van der Waals surface area contributed by atoms with Crippen molar-refractivity contribution in [1.29, 1.82) is 0 Å². The Hall–Kier alpha value is -2.69. The fourth-order valence-electron chi connectivity index (χ4n) is 2.96. The summed E-state index contributed by atoms with van der Waals surface area (Å²) in [6.45, 7) is 6.82. The Morgan fingerprint density at radius 1 is 1.16 bits per heavy atom. The number of phenolic OH excluding ortho intramolecular Hbond substituents is 1. The van der Waals surface area contributed by atoms with Crippen LogP contribution in [0.4, 0.5) is 10.5 Å². The monoisotopic (exact) mass is 342 g/mol. The van der Waals surface area contributed by atoms with E-state index in [1.807, 2.05) is 18.2 Å². The molecule has 134 valence electrons. The van der Waals surface area contributed by atoms with Gasteiger partial charge in [0, 0.05) is 24.7 Å². The number of carboxylic acid groups (broad SMARTS) is 1. The van der Waals surface area contributed by atoms with Crippen molar-refractivity contribution in [1.82, 2.24) is 4.90 Å². The molecule has 0 spiro atoms. The standard InChI is InChI=1S/C20H26N2O3/c1-20(2,3)18(15-7-5-9-17(23)11-15)13-22(19(24)25)12-14-6-4-8-16(21)10-14/h4-11,18,23H,12-13,21H2,1-3H3,(H,24,25). The van der Waals surface area contributed by atoms with Gasteiger partial charge < -0.3 is 20.8 Å². The van der Waals surface area contributed by atoms with Crippen molar-refractivity contribution in [3.05, 3.63) is 59.7 Å². The van der Waals surface area contributed by atoms with E-state index < -0.39 is 6.09 Å². The molecule has 0 heterocycles. The quantitative estimate of drug-likeness (QED) is 0.708. The van der Waals surface area contributed by atoms with Crippen LogP contribution in [-0.2, 0) is 6.54 Å². The van der Waals surface area contributed by atoms with E-state index in [9.17, 15) is 15.0 Å². The third-order valence-corrected chi connectivity index (χ3v) is 4.32. The van der Waals surface area contributed by atoms with Crippen LogP contribution in [0, 0.1) is 5.41 Å². The van der Waals surface area contributed by atoms with Gasteiger partial charge in [-0.1, -0.05) is 45.0 Å². The number of aromatic hydroxyl groups is 1. The summed E-state index contributed by atoms with van der Waals surface area (Å²) in [6.07, 6.45) is -0.975. The van der Waals surface area contributed by atoms with Gasteiger partial charge in [0.2, 0.25) is 0 Å². The molecule has 0 fully saturated rings. The number of anilines is 1. The second kappa shape index (κ2) is 7.47. The number of rotatable bonds is 5. The molecule has 0 aliphatic carbocycles. The summed E-state index contributed by atoms with van der Waals surface area (Å²) >= 11 is 0. The third kappa shape index (κ3) is 5.14. The fourth-order valence-corrected chi connectivity index (χ4v) is 2.96. The lowest BCUT2D eigenvalue weighted by molar-refractivity contribution is 0.128. The molecule has 0 radical (unpaired) electrons. The van der Waals surface area contributed by atoms with Gasteiger partial charge in [-0.15, -0.1) is 0 Å². The number of amides is 1. The average molecular weight is 342 g/mol. The zero-order valence-electron chi connectivity index (χ0n) is 14.9. The van der Waals surface area contributed by atoms with Crippen LogP contribution in [0.25, 0.3) is 0 Å². The molecule has 0 bridgehead atoms. The number of nitrogens with two attached hydrogens (primary N) is 1. The molecule has 5 heteroatoms. The number of benzene rings is 2. The first kappa shape index (κ1) is 18.6. The minimum absolute atomic E-state index is 0.0586. The Balaban J connectivity index is 2.28. The molecule has 2 aromatic carbocycles. The number of hydrogen-bond donors (Lipinski definition) is 3. The zero-order valence-corrected chi connectivity index (χ0v) is 14.9. The minimum Gasteiger partial charge on any atom is -0.508 e. The smallest absolute Gasteiger partial charge is 0.407 e. The number of nitrogens with zero attached hydrogens (tertiary/aromatic N) is 1. The Morgan fingerprint density at radius 2 is 1.84 bits per heavy atom. The normalized spacial score (nSPS) is 12.6. The highest BCUT2D eigenvalue weighted by Crippen LogP contribution is 2.37. The van der Waals surface area contributed by atoms with E-state index in [1.165, 1.54) is 4.90 Å². The van der Waals surface area contributed by atoms with Gasteiger partial charge in [0.05, 0.1) is 0 Å². The van der Waals surface area contributed by atoms with Gasteiger partial charge in [-0.05, 0) is 40.8 Å². The summed E-state index contributed by atoms with van der Waals surface area (Å²) < 4.78 is 0. The Morgan fingerprint density at radius 3 is 2.40 bits per heavy atom. The first-order chi connectivity index (χ1) is 11.7. The van der Waals surface area contributed by atoms with Gasteiger partial charge in [-0.2, -0.15) is 0 Å². The Labute approximate surface area is 148 Å². The maximum Gasteiger partial charge on any atom is 0.407 e. The van der Waals surface area contributed by atoms with Crippen LogP contribution in [0.2, 0.25) is 0 Å². The maximum absolute atomic E-state index is 11.8. The van der Waals surface area contributed by atoms with Crippen LogP contribution in [0.15, 0.2) is 48.5 Å². The highest BCUT2D eigenvalue weighted by Gasteiger charge is 2.30. The van der Waals surface area contributed by atoms with E-state index in [0.29, 0.717) is 12.2 Å². The van der Waals surface area contributed by atoms with E-state index in [-0.39, 0.29) is 23.6 Å². The van der Waals surface area contributed by atoms with Crippen LogP contribution < -0.4 is 5.73 Å². The molecule has 0 aliphatic heterocycles. The predicted octanol–water partition coefficient (Wildman–Crippen LogP) is 4.28. The van der Waals surface area contributed by atoms with Gasteiger partial charge in [0.1, 0.15) is 5.75 Å². The third-order valence-electron chi connectivity index (χ3n) is 4.32. The Kier molecular flexibility index (Phi) is 5.57. The van der Waals surface area contributed by atoms with Crippen LogP contribution in [0.3, 0.4) is 0 Å². The van der Waals surface area contributed by atoms with Gasteiger partial charge in [0.15, 0.2) is 0 Å². The van der Waals surface area contributed by atoms with Crippen LogP contribution >= 0.6 is 0 Å². The molecule has 0 saturated carbocycles. The first-order valence-electron chi connectivity index (χ1n) is 8.28. The molecule has 25 heavy (non-hydrogen) atoms. The van der Waals surface area contributed by atoms with E-state index >= 15 is 0 Å². The lowest BCUT2D eigenvalue weighted by atomic mass is 9.76. The van der Waals surface area contributed by atoms with Gasteiger partial charge in [-0.3, -0.25) is 0 Å². The summed E-state index contributed by atoms with van der Waals surface area (Å²) in [6, 6.07) is 14.3. The summed E-state index contributed by atoms with van der Waals surface area (Å²) in [4.78, 5) is 13.2. The molecule has 1 unspecified atom stereocenters. The average Bonchev–Trinajstić information content (AvgIpc) is 2.49. The van der Waals surface area contributed by atoms with E-state index in [2.05, 4.69) is 20.8 Å². The second-order valence-corrected chi connectivity index (χ2v) is 7.42. The van der Waals surface area contributed by atoms with Crippen LogP contribution in [-0.4, -0.2) is 27.8 Å². The predicted molar refractivity (Wildman–Crippen MR) is 99.6 cm³/mol. The summed E-state index contributed by atoms with van der Waals surface area (Å²) in [5, 5.41) is 19.5. The van der Waals surface area contributed by atoms with Crippen molar-refractivity contribution in [2.75, 3.05) is 12.3 Å². The van der Waals surface area contributed by atoms with Gasteiger partial charge in [-0.25, -0.2) is 4.79 Å². The molecule has 1 amide bonds. The molecule has 2 rings (SSSR count). The fraction of sp³-hybridized carbons (Fsp3) is 0.350. The Bertz CT molecular complexity index is 738.